The first-order chi connectivity index (χ1) is 9.49. The van der Waals surface area contributed by atoms with Crippen LogP contribution in [0.4, 0.5) is 5.69 Å². The van der Waals surface area contributed by atoms with Crippen molar-refractivity contribution < 1.29 is 24.2 Å². The number of rotatable bonds is 4. The van der Waals surface area contributed by atoms with E-state index >= 15 is 0 Å². The molecular weight excluding hydrogens is 264 g/mol. The van der Waals surface area contributed by atoms with Crippen LogP contribution < -0.4 is 15.0 Å². The molecule has 1 aliphatic heterocycles. The van der Waals surface area contributed by atoms with Crippen LogP contribution in [-0.2, 0) is 14.4 Å². The number of nitrogens with zero attached hydrogens (tertiary/aromatic N) is 1. The summed E-state index contributed by atoms with van der Waals surface area (Å²) in [6, 6.07) is 5.85. The predicted molar refractivity (Wildman–Crippen MR) is 69.5 cm³/mol. The molecule has 0 saturated heterocycles. The van der Waals surface area contributed by atoms with E-state index in [-0.39, 0.29) is 19.1 Å². The highest BCUT2D eigenvalue weighted by Gasteiger charge is 2.27. The fraction of sp³-hybridized carbons (Fsp3) is 0.308. The summed E-state index contributed by atoms with van der Waals surface area (Å²) in [5.41, 5.74) is 0.502. The summed E-state index contributed by atoms with van der Waals surface area (Å²) in [6.45, 7) is 0.977. The molecule has 20 heavy (non-hydrogen) atoms. The first-order valence-electron chi connectivity index (χ1n) is 6.03. The third kappa shape index (κ3) is 2.87. The summed E-state index contributed by atoms with van der Waals surface area (Å²) in [6.07, 6.45) is 0. The molecule has 1 aliphatic rings. The quantitative estimate of drug-likeness (QED) is 0.808. The SMILES string of the molecule is C[C@H](NC(=O)CN1C(=O)COc2ccccc21)C(=O)O. The molecule has 1 aromatic rings. The average molecular weight is 278 g/mol. The number of carbonyl (C=O) groups excluding carboxylic acids is 2. The minimum Gasteiger partial charge on any atom is -0.482 e. The zero-order valence-corrected chi connectivity index (χ0v) is 10.8. The van der Waals surface area contributed by atoms with E-state index in [9.17, 15) is 14.4 Å². The summed E-state index contributed by atoms with van der Waals surface area (Å²) >= 11 is 0. The van der Waals surface area contributed by atoms with Crippen LogP contribution in [0.2, 0.25) is 0 Å². The first kappa shape index (κ1) is 13.9. The number of nitrogens with one attached hydrogen (secondary N) is 1. The molecule has 0 radical (unpaired) electrons. The van der Waals surface area contributed by atoms with Crippen molar-refractivity contribution in [2.75, 3.05) is 18.1 Å². The van der Waals surface area contributed by atoms with Crippen molar-refractivity contribution in [3.63, 3.8) is 0 Å². The van der Waals surface area contributed by atoms with Gasteiger partial charge in [-0.05, 0) is 19.1 Å². The average Bonchev–Trinajstić information content (AvgIpc) is 2.42. The van der Waals surface area contributed by atoms with Gasteiger partial charge in [-0.15, -0.1) is 0 Å². The van der Waals surface area contributed by atoms with Crippen molar-refractivity contribution in [1.29, 1.82) is 0 Å². The monoisotopic (exact) mass is 278 g/mol. The summed E-state index contributed by atoms with van der Waals surface area (Å²) in [5.74, 6) is -1.50. The molecule has 2 rings (SSSR count). The predicted octanol–water partition coefficient (Wildman–Crippen LogP) is 0.00130. The number of benzene rings is 1. The van der Waals surface area contributed by atoms with Crippen molar-refractivity contribution in [3.8, 4) is 5.75 Å². The maximum Gasteiger partial charge on any atom is 0.325 e. The topological polar surface area (TPSA) is 95.9 Å². The van der Waals surface area contributed by atoms with Crippen molar-refractivity contribution in [2.24, 2.45) is 0 Å². The molecule has 7 heteroatoms. The zero-order valence-electron chi connectivity index (χ0n) is 10.8. The number of hydrogen-bond acceptors (Lipinski definition) is 4. The number of carboxylic acid groups (broad SMARTS) is 1. The summed E-state index contributed by atoms with van der Waals surface area (Å²) in [7, 11) is 0. The Labute approximate surface area is 115 Å². The number of para-hydroxylation sites is 2. The number of hydrogen-bond donors (Lipinski definition) is 2. The molecule has 2 amide bonds. The van der Waals surface area contributed by atoms with Gasteiger partial charge < -0.3 is 15.2 Å². The standard InChI is InChI=1S/C13H14N2O5/c1-8(13(18)19)14-11(16)6-15-9-4-2-3-5-10(9)20-7-12(15)17/h2-5,8H,6-7H2,1H3,(H,14,16)(H,18,19)/t8-/m0/s1. The third-order valence-electron chi connectivity index (χ3n) is 2.86. The fourth-order valence-electron chi connectivity index (χ4n) is 1.82. The second-order valence-corrected chi connectivity index (χ2v) is 4.36. The molecule has 0 spiro atoms. The smallest absolute Gasteiger partial charge is 0.325 e. The van der Waals surface area contributed by atoms with Gasteiger partial charge in [0.1, 0.15) is 18.3 Å². The lowest BCUT2D eigenvalue weighted by Crippen LogP contribution is -2.48. The first-order valence-corrected chi connectivity index (χ1v) is 6.03. The molecule has 106 valence electrons. The van der Waals surface area contributed by atoms with Gasteiger partial charge in [0.15, 0.2) is 6.61 Å². The van der Waals surface area contributed by atoms with Crippen molar-refractivity contribution in [3.05, 3.63) is 24.3 Å². The van der Waals surface area contributed by atoms with Gasteiger partial charge in [0, 0.05) is 0 Å². The second-order valence-electron chi connectivity index (χ2n) is 4.36. The van der Waals surface area contributed by atoms with E-state index in [0.717, 1.165) is 0 Å². The minimum atomic E-state index is -1.13. The number of aliphatic carboxylic acids is 1. The number of carboxylic acids is 1. The van der Waals surface area contributed by atoms with E-state index in [1.807, 2.05) is 0 Å². The van der Waals surface area contributed by atoms with Crippen LogP contribution in [0.15, 0.2) is 24.3 Å². The summed E-state index contributed by atoms with van der Waals surface area (Å²) in [5, 5.41) is 11.0. The molecule has 7 nitrogen and oxygen atoms in total. The molecule has 1 aromatic carbocycles. The Morgan fingerprint density at radius 1 is 1.45 bits per heavy atom. The van der Waals surface area contributed by atoms with Crippen molar-refractivity contribution in [2.45, 2.75) is 13.0 Å². The van der Waals surface area contributed by atoms with E-state index in [1.54, 1.807) is 24.3 Å². The maximum atomic E-state index is 11.8. The van der Waals surface area contributed by atoms with Crippen molar-refractivity contribution in [1.82, 2.24) is 5.32 Å². The minimum absolute atomic E-state index is 0.140. The molecule has 0 aliphatic carbocycles. The van der Waals surface area contributed by atoms with Crippen LogP contribution in [0.3, 0.4) is 0 Å². The second kappa shape index (κ2) is 5.60. The van der Waals surface area contributed by atoms with E-state index in [4.69, 9.17) is 9.84 Å². The maximum absolute atomic E-state index is 11.8. The number of carbonyl (C=O) groups is 3. The van der Waals surface area contributed by atoms with Gasteiger partial charge in [-0.3, -0.25) is 19.3 Å². The lowest BCUT2D eigenvalue weighted by molar-refractivity contribution is -0.141. The molecule has 2 N–H and O–H groups in total. The Bertz CT molecular complexity index is 557. The van der Waals surface area contributed by atoms with Crippen LogP contribution in [0.5, 0.6) is 5.75 Å². The number of ether oxygens (including phenoxy) is 1. The van der Waals surface area contributed by atoms with Gasteiger partial charge in [0.25, 0.3) is 5.91 Å². The van der Waals surface area contributed by atoms with Gasteiger partial charge in [-0.25, -0.2) is 0 Å². The van der Waals surface area contributed by atoms with Gasteiger partial charge in [-0.2, -0.15) is 0 Å². The largest absolute Gasteiger partial charge is 0.482 e. The van der Waals surface area contributed by atoms with Gasteiger partial charge >= 0.3 is 5.97 Å². The normalized spacial score (nSPS) is 15.1. The summed E-state index contributed by atoms with van der Waals surface area (Å²) in [4.78, 5) is 35.5. The molecule has 0 saturated carbocycles. The van der Waals surface area contributed by atoms with E-state index < -0.39 is 17.9 Å². The Balaban J connectivity index is 2.11. The number of amides is 2. The number of fused-ring (bicyclic) bond motifs is 1. The molecule has 0 unspecified atom stereocenters. The van der Waals surface area contributed by atoms with Gasteiger partial charge in [0.05, 0.1) is 5.69 Å². The van der Waals surface area contributed by atoms with Crippen LogP contribution in [0, 0.1) is 0 Å². The Morgan fingerprint density at radius 3 is 2.85 bits per heavy atom. The Morgan fingerprint density at radius 2 is 2.15 bits per heavy atom. The third-order valence-corrected chi connectivity index (χ3v) is 2.86. The number of anilines is 1. The Hall–Kier alpha value is -2.57. The van der Waals surface area contributed by atoms with E-state index in [2.05, 4.69) is 5.32 Å². The molecule has 0 aromatic heterocycles. The fourth-order valence-corrected chi connectivity index (χ4v) is 1.82. The van der Waals surface area contributed by atoms with E-state index in [1.165, 1.54) is 11.8 Å². The lowest BCUT2D eigenvalue weighted by Gasteiger charge is -2.28. The van der Waals surface area contributed by atoms with Crippen molar-refractivity contribution >= 4 is 23.5 Å². The van der Waals surface area contributed by atoms with Crippen LogP contribution in [-0.4, -0.2) is 42.1 Å². The molecule has 0 fully saturated rings. The summed E-state index contributed by atoms with van der Waals surface area (Å²) < 4.78 is 5.25. The highest BCUT2D eigenvalue weighted by molar-refractivity contribution is 6.02. The van der Waals surface area contributed by atoms with E-state index in [0.29, 0.717) is 11.4 Å². The molecule has 0 bridgehead atoms. The highest BCUT2D eigenvalue weighted by Crippen LogP contribution is 2.31. The molecule has 1 heterocycles. The Kier molecular flexibility index (Phi) is 3.88. The highest BCUT2D eigenvalue weighted by atomic mass is 16.5. The van der Waals surface area contributed by atoms with Crippen LogP contribution >= 0.6 is 0 Å². The van der Waals surface area contributed by atoms with Gasteiger partial charge in [-0.1, -0.05) is 12.1 Å². The molecule has 1 atom stereocenters. The molecular formula is C13H14N2O5. The van der Waals surface area contributed by atoms with Crippen LogP contribution in [0.1, 0.15) is 6.92 Å². The zero-order chi connectivity index (χ0) is 14.7. The lowest BCUT2D eigenvalue weighted by atomic mass is 10.2. The van der Waals surface area contributed by atoms with Crippen LogP contribution in [0.25, 0.3) is 0 Å². The van der Waals surface area contributed by atoms with Gasteiger partial charge in [0.2, 0.25) is 5.91 Å².